The molecule has 2 aromatic rings. The molecule has 0 heterocycles. The Hall–Kier alpha value is -0.940. The van der Waals surface area contributed by atoms with Crippen LogP contribution in [0.2, 0.25) is 0 Å². The molecule has 0 aliphatic rings. The van der Waals surface area contributed by atoms with Gasteiger partial charge in [-0.25, -0.2) is 0 Å². The normalized spacial score (nSPS) is 13.9. The number of rotatable bonds is 21. The minimum absolute atomic E-state index is 0.0284. The van der Waals surface area contributed by atoms with Crippen molar-refractivity contribution >= 4 is 21.6 Å². The molecular formula is C36H58O2S2. The highest BCUT2D eigenvalue weighted by molar-refractivity contribution is 8.76. The van der Waals surface area contributed by atoms with Crippen LogP contribution in [0.4, 0.5) is 0 Å². The molecule has 0 N–H and O–H groups in total. The summed E-state index contributed by atoms with van der Waals surface area (Å²) >= 11 is 0. The topological polar surface area (TPSA) is 18.5 Å². The van der Waals surface area contributed by atoms with Gasteiger partial charge in [-0.1, -0.05) is 140 Å². The Labute approximate surface area is 255 Å². The van der Waals surface area contributed by atoms with Crippen molar-refractivity contribution in [3.05, 3.63) is 59.7 Å². The Balaban J connectivity index is 2.16. The molecule has 0 fully saturated rings. The zero-order chi connectivity index (χ0) is 29.4. The first kappa shape index (κ1) is 35.3. The highest BCUT2D eigenvalue weighted by Gasteiger charge is 2.33. The van der Waals surface area contributed by atoms with Crippen molar-refractivity contribution in [3.63, 3.8) is 0 Å². The van der Waals surface area contributed by atoms with E-state index in [0.29, 0.717) is 0 Å². The fraction of sp³-hybridized carbons (Fsp3) is 0.667. The lowest BCUT2D eigenvalue weighted by Gasteiger charge is -2.35. The summed E-state index contributed by atoms with van der Waals surface area (Å²) in [6.45, 7) is 20.2. The van der Waals surface area contributed by atoms with E-state index in [0.717, 1.165) is 38.9 Å². The Morgan fingerprint density at radius 3 is 1.30 bits per heavy atom. The summed E-state index contributed by atoms with van der Waals surface area (Å²) in [6.07, 6.45) is 12.1. The molecule has 0 radical (unpaired) electrons. The summed E-state index contributed by atoms with van der Waals surface area (Å²) in [7, 11) is 3.72. The van der Waals surface area contributed by atoms with E-state index in [-0.39, 0.29) is 23.0 Å². The molecule has 40 heavy (non-hydrogen) atoms. The molecule has 0 aliphatic heterocycles. The highest BCUT2D eigenvalue weighted by Crippen LogP contribution is 2.42. The van der Waals surface area contributed by atoms with E-state index in [1.54, 1.807) is 0 Å². The average Bonchev–Trinajstić information content (AvgIpc) is 2.95. The van der Waals surface area contributed by atoms with Gasteiger partial charge in [-0.15, -0.1) is 0 Å². The molecule has 4 heteroatoms. The number of benzene rings is 2. The maximum Gasteiger partial charge on any atom is 0.0666 e. The third-order valence-corrected chi connectivity index (χ3v) is 10.7. The lowest BCUT2D eigenvalue weighted by Crippen LogP contribution is -2.36. The van der Waals surface area contributed by atoms with E-state index in [9.17, 15) is 0 Å². The zero-order valence-electron chi connectivity index (χ0n) is 26.9. The SMILES string of the molecule is CCCCOC(CCCC)C(C)(C)c1cccc(SSc2cccc(C(C)(C)C(CCCC)OCCCC)c2)c1. The van der Waals surface area contributed by atoms with Gasteiger partial charge in [0.15, 0.2) is 0 Å². The molecule has 226 valence electrons. The molecule has 0 saturated heterocycles. The molecule has 0 amide bonds. The Morgan fingerprint density at radius 1 is 0.575 bits per heavy atom. The van der Waals surface area contributed by atoms with Gasteiger partial charge < -0.3 is 9.47 Å². The smallest absolute Gasteiger partial charge is 0.0666 e. The first-order valence-corrected chi connectivity index (χ1v) is 18.1. The van der Waals surface area contributed by atoms with Crippen molar-refractivity contribution in [2.24, 2.45) is 0 Å². The summed E-state index contributed by atoms with van der Waals surface area (Å²) in [4.78, 5) is 2.60. The fourth-order valence-electron chi connectivity index (χ4n) is 5.19. The van der Waals surface area contributed by atoms with Crippen LogP contribution in [0.5, 0.6) is 0 Å². The average molecular weight is 587 g/mol. The molecule has 0 aromatic heterocycles. The van der Waals surface area contributed by atoms with Crippen LogP contribution in [0.3, 0.4) is 0 Å². The highest BCUT2D eigenvalue weighted by atomic mass is 33.1. The predicted octanol–water partition coefficient (Wildman–Crippen LogP) is 11.8. The third kappa shape index (κ3) is 11.0. The molecule has 2 aromatic carbocycles. The second-order valence-corrected chi connectivity index (χ2v) is 14.7. The van der Waals surface area contributed by atoms with Gasteiger partial charge in [0, 0.05) is 33.8 Å². The molecule has 0 bridgehead atoms. The van der Waals surface area contributed by atoms with Crippen LogP contribution < -0.4 is 0 Å². The standard InChI is InChI=1S/C36H58O2S2/c1-9-13-23-33(37-25-15-11-3)35(5,6)29-19-17-21-31(27-29)39-40-32-22-18-20-30(28-32)36(7,8)34(24-14-10-2)38-26-16-12-4/h17-22,27-28,33-34H,9-16,23-26H2,1-8H3. The van der Waals surface area contributed by atoms with Gasteiger partial charge in [0.25, 0.3) is 0 Å². The van der Waals surface area contributed by atoms with Crippen LogP contribution in [0.25, 0.3) is 0 Å². The van der Waals surface area contributed by atoms with Gasteiger partial charge in [0.1, 0.15) is 0 Å². The number of unbranched alkanes of at least 4 members (excludes halogenated alkanes) is 4. The van der Waals surface area contributed by atoms with Gasteiger partial charge in [-0.2, -0.15) is 0 Å². The summed E-state index contributed by atoms with van der Waals surface area (Å²) < 4.78 is 12.9. The molecule has 0 saturated carbocycles. The van der Waals surface area contributed by atoms with Crippen LogP contribution in [-0.4, -0.2) is 25.4 Å². The lowest BCUT2D eigenvalue weighted by molar-refractivity contribution is -0.00143. The Morgan fingerprint density at radius 2 is 0.950 bits per heavy atom. The van der Waals surface area contributed by atoms with Crippen LogP contribution in [0, 0.1) is 0 Å². The minimum atomic E-state index is -0.0284. The van der Waals surface area contributed by atoms with Crippen molar-refractivity contribution in [1.29, 1.82) is 0 Å². The Bertz CT molecular complexity index is 878. The van der Waals surface area contributed by atoms with Crippen LogP contribution in [0.15, 0.2) is 58.3 Å². The molecule has 2 nitrogen and oxygen atoms in total. The number of hydrogen-bond acceptors (Lipinski definition) is 4. The minimum Gasteiger partial charge on any atom is -0.377 e. The van der Waals surface area contributed by atoms with Gasteiger partial charge >= 0.3 is 0 Å². The largest absolute Gasteiger partial charge is 0.377 e. The number of ether oxygens (including phenoxy) is 2. The van der Waals surface area contributed by atoms with E-state index in [1.807, 2.05) is 21.6 Å². The first-order valence-electron chi connectivity index (χ1n) is 16.0. The van der Waals surface area contributed by atoms with Crippen molar-refractivity contribution in [3.8, 4) is 0 Å². The first-order chi connectivity index (χ1) is 19.2. The molecular weight excluding hydrogens is 529 g/mol. The predicted molar refractivity (Wildman–Crippen MR) is 179 cm³/mol. The number of hydrogen-bond donors (Lipinski definition) is 0. The molecule has 0 spiro atoms. The summed E-state index contributed by atoms with van der Waals surface area (Å²) in [5, 5.41) is 0. The molecule has 2 unspecified atom stereocenters. The van der Waals surface area contributed by atoms with E-state index in [2.05, 4.69) is 104 Å². The maximum absolute atomic E-state index is 6.47. The zero-order valence-corrected chi connectivity index (χ0v) is 28.5. The lowest BCUT2D eigenvalue weighted by atomic mass is 9.77. The van der Waals surface area contributed by atoms with Gasteiger partial charge in [-0.05, 0) is 61.1 Å². The second kappa shape index (κ2) is 18.6. The van der Waals surface area contributed by atoms with Crippen molar-refractivity contribution in [2.75, 3.05) is 13.2 Å². The monoisotopic (exact) mass is 586 g/mol. The third-order valence-electron chi connectivity index (χ3n) is 8.27. The summed E-state index contributed by atoms with van der Waals surface area (Å²) in [5.41, 5.74) is 2.68. The van der Waals surface area contributed by atoms with Crippen LogP contribution >= 0.6 is 21.6 Å². The second-order valence-electron chi connectivity index (χ2n) is 12.4. The van der Waals surface area contributed by atoms with Crippen LogP contribution in [0.1, 0.15) is 131 Å². The van der Waals surface area contributed by atoms with E-state index in [1.165, 1.54) is 59.4 Å². The molecule has 2 rings (SSSR count). The van der Waals surface area contributed by atoms with Crippen molar-refractivity contribution in [2.45, 2.75) is 152 Å². The van der Waals surface area contributed by atoms with E-state index < -0.39 is 0 Å². The fourth-order valence-corrected chi connectivity index (χ4v) is 7.20. The molecule has 0 aliphatic carbocycles. The van der Waals surface area contributed by atoms with E-state index >= 15 is 0 Å². The van der Waals surface area contributed by atoms with Crippen molar-refractivity contribution in [1.82, 2.24) is 0 Å². The van der Waals surface area contributed by atoms with Gasteiger partial charge in [-0.3, -0.25) is 0 Å². The quantitative estimate of drug-likeness (QED) is 0.107. The summed E-state index contributed by atoms with van der Waals surface area (Å²) in [6, 6.07) is 18.3. The Kier molecular flexibility index (Phi) is 16.4. The van der Waals surface area contributed by atoms with Crippen molar-refractivity contribution < 1.29 is 9.47 Å². The van der Waals surface area contributed by atoms with Gasteiger partial charge in [0.05, 0.1) is 12.2 Å². The van der Waals surface area contributed by atoms with E-state index in [4.69, 9.17) is 9.47 Å². The maximum atomic E-state index is 6.47. The van der Waals surface area contributed by atoms with Crippen LogP contribution in [-0.2, 0) is 20.3 Å². The molecule has 2 atom stereocenters. The van der Waals surface area contributed by atoms with Gasteiger partial charge in [0.2, 0.25) is 0 Å². The summed E-state index contributed by atoms with van der Waals surface area (Å²) in [5.74, 6) is 0.